The largest absolute Gasteiger partial charge is 0.497 e. The minimum atomic E-state index is 0.246. The molecule has 0 bridgehead atoms. The smallest absolute Gasteiger partial charge is 0.120 e. The topological polar surface area (TPSA) is 24.5 Å². The molecule has 0 aromatic heterocycles. The third-order valence-corrected chi connectivity index (χ3v) is 4.52. The molecule has 0 amide bonds. The molecule has 3 nitrogen and oxygen atoms in total. The molecule has 1 fully saturated rings. The van der Waals surface area contributed by atoms with Gasteiger partial charge in [0, 0.05) is 36.4 Å². The molecule has 2 rings (SSSR count). The third-order valence-electron chi connectivity index (χ3n) is 4.52. The maximum absolute atomic E-state index is 5.34. The van der Waals surface area contributed by atoms with Crippen LogP contribution in [0.3, 0.4) is 0 Å². The van der Waals surface area contributed by atoms with Crippen LogP contribution in [-0.2, 0) is 0 Å². The van der Waals surface area contributed by atoms with Gasteiger partial charge in [-0.15, -0.1) is 0 Å². The predicted molar refractivity (Wildman–Crippen MR) is 81.1 cm³/mol. The fourth-order valence-electron chi connectivity index (χ4n) is 2.87. The molecule has 1 N–H and O–H groups in total. The molecule has 1 heterocycles. The molecule has 0 saturated carbocycles. The Balaban J connectivity index is 2.25. The molecule has 1 aliphatic heterocycles. The summed E-state index contributed by atoms with van der Waals surface area (Å²) in [5.74, 6) is 0.932. The molecule has 0 aliphatic carbocycles. The van der Waals surface area contributed by atoms with Crippen molar-refractivity contribution in [3.05, 3.63) is 24.3 Å². The van der Waals surface area contributed by atoms with E-state index in [1.54, 1.807) is 7.11 Å². The Morgan fingerprint density at radius 1 is 1.37 bits per heavy atom. The van der Waals surface area contributed by atoms with E-state index in [0.29, 0.717) is 6.04 Å². The van der Waals surface area contributed by atoms with Gasteiger partial charge in [0.05, 0.1) is 7.11 Å². The monoisotopic (exact) mass is 262 g/mol. The van der Waals surface area contributed by atoms with E-state index in [1.165, 1.54) is 5.69 Å². The first kappa shape index (κ1) is 14.2. The summed E-state index contributed by atoms with van der Waals surface area (Å²) in [6.07, 6.45) is 2.33. The van der Waals surface area contributed by atoms with Crippen LogP contribution >= 0.6 is 0 Å². The summed E-state index contributed by atoms with van der Waals surface area (Å²) in [5, 5.41) is 3.74. The normalized spacial score (nSPS) is 22.3. The minimum absolute atomic E-state index is 0.246. The van der Waals surface area contributed by atoms with E-state index in [-0.39, 0.29) is 5.54 Å². The quantitative estimate of drug-likeness (QED) is 0.902. The van der Waals surface area contributed by atoms with Crippen molar-refractivity contribution in [3.63, 3.8) is 0 Å². The van der Waals surface area contributed by atoms with E-state index in [9.17, 15) is 0 Å². The molecule has 106 valence electrons. The second kappa shape index (κ2) is 5.83. The van der Waals surface area contributed by atoms with Gasteiger partial charge >= 0.3 is 0 Å². The van der Waals surface area contributed by atoms with Gasteiger partial charge in [-0.05, 0) is 31.9 Å². The summed E-state index contributed by atoms with van der Waals surface area (Å²) >= 11 is 0. The fraction of sp³-hybridized carbons (Fsp3) is 0.625. The number of rotatable bonds is 4. The number of hydrogen-bond acceptors (Lipinski definition) is 3. The van der Waals surface area contributed by atoms with E-state index >= 15 is 0 Å². The lowest BCUT2D eigenvalue weighted by molar-refractivity contribution is 0.253. The number of anilines is 1. The van der Waals surface area contributed by atoms with E-state index in [0.717, 1.165) is 31.7 Å². The highest BCUT2D eigenvalue weighted by Gasteiger charge is 2.35. The van der Waals surface area contributed by atoms with Crippen LogP contribution in [0, 0.1) is 0 Å². The van der Waals surface area contributed by atoms with Gasteiger partial charge in [0.25, 0.3) is 0 Å². The summed E-state index contributed by atoms with van der Waals surface area (Å²) in [7, 11) is 1.72. The third kappa shape index (κ3) is 2.86. The Labute approximate surface area is 116 Å². The number of nitrogens with one attached hydrogen (secondary N) is 1. The van der Waals surface area contributed by atoms with E-state index in [1.807, 2.05) is 6.07 Å². The van der Waals surface area contributed by atoms with Gasteiger partial charge < -0.3 is 15.0 Å². The van der Waals surface area contributed by atoms with Gasteiger partial charge in [-0.2, -0.15) is 0 Å². The zero-order valence-electron chi connectivity index (χ0n) is 12.6. The Bertz CT molecular complexity index is 415. The standard InChI is InChI=1S/C16H26N2O/c1-5-16(6-2)12-18(13(3)11-17-16)14-8-7-9-15(10-14)19-4/h7-10,13,17H,5-6,11-12H2,1-4H3. The van der Waals surface area contributed by atoms with Gasteiger partial charge in [0.1, 0.15) is 5.75 Å². The first-order chi connectivity index (χ1) is 9.14. The molecule has 1 aromatic rings. The zero-order valence-corrected chi connectivity index (χ0v) is 12.6. The van der Waals surface area contributed by atoms with Crippen molar-refractivity contribution < 1.29 is 4.74 Å². The van der Waals surface area contributed by atoms with Crippen molar-refractivity contribution in [1.82, 2.24) is 5.32 Å². The average Bonchev–Trinajstić information content (AvgIpc) is 2.48. The average molecular weight is 262 g/mol. The van der Waals surface area contributed by atoms with Gasteiger partial charge in [-0.25, -0.2) is 0 Å². The highest BCUT2D eigenvalue weighted by molar-refractivity contribution is 5.52. The maximum atomic E-state index is 5.34. The second-order valence-electron chi connectivity index (χ2n) is 5.55. The van der Waals surface area contributed by atoms with Crippen LogP contribution in [0.15, 0.2) is 24.3 Å². The van der Waals surface area contributed by atoms with Gasteiger partial charge in [0.15, 0.2) is 0 Å². The Morgan fingerprint density at radius 3 is 2.74 bits per heavy atom. The summed E-state index contributed by atoms with van der Waals surface area (Å²) in [6.45, 7) is 8.93. The maximum Gasteiger partial charge on any atom is 0.120 e. The molecule has 1 atom stereocenters. The number of benzene rings is 1. The van der Waals surface area contributed by atoms with Crippen LogP contribution in [0.2, 0.25) is 0 Å². The van der Waals surface area contributed by atoms with E-state index < -0.39 is 0 Å². The van der Waals surface area contributed by atoms with Crippen LogP contribution in [0.1, 0.15) is 33.6 Å². The lowest BCUT2D eigenvalue weighted by atomic mass is 9.88. The van der Waals surface area contributed by atoms with Crippen LogP contribution in [0.5, 0.6) is 5.75 Å². The number of piperazine rings is 1. The molecule has 0 spiro atoms. The van der Waals surface area contributed by atoms with Crippen LogP contribution in [-0.4, -0.2) is 31.8 Å². The first-order valence-electron chi connectivity index (χ1n) is 7.30. The number of nitrogens with zero attached hydrogens (tertiary/aromatic N) is 1. The van der Waals surface area contributed by atoms with E-state index in [2.05, 4.69) is 49.2 Å². The van der Waals surface area contributed by atoms with Crippen LogP contribution in [0.25, 0.3) is 0 Å². The van der Waals surface area contributed by atoms with Crippen molar-refractivity contribution in [3.8, 4) is 5.75 Å². The Morgan fingerprint density at radius 2 is 2.11 bits per heavy atom. The molecular formula is C16H26N2O. The fourth-order valence-corrected chi connectivity index (χ4v) is 2.87. The highest BCUT2D eigenvalue weighted by atomic mass is 16.5. The summed E-state index contributed by atoms with van der Waals surface area (Å²) < 4.78 is 5.34. The van der Waals surface area contributed by atoms with Crippen molar-refractivity contribution in [2.24, 2.45) is 0 Å². The number of hydrogen-bond donors (Lipinski definition) is 1. The molecule has 19 heavy (non-hydrogen) atoms. The molecule has 1 aromatic carbocycles. The van der Waals surface area contributed by atoms with Crippen LogP contribution < -0.4 is 15.0 Å². The molecule has 1 unspecified atom stereocenters. The van der Waals surface area contributed by atoms with E-state index in [4.69, 9.17) is 4.74 Å². The molecular weight excluding hydrogens is 236 g/mol. The van der Waals surface area contributed by atoms with Gasteiger partial charge in [0.2, 0.25) is 0 Å². The SMILES string of the molecule is CCC1(CC)CN(c2cccc(OC)c2)C(C)CN1. The van der Waals surface area contributed by atoms with Crippen molar-refractivity contribution in [1.29, 1.82) is 0 Å². The Kier molecular flexibility index (Phi) is 4.35. The lowest BCUT2D eigenvalue weighted by Gasteiger charge is -2.47. The van der Waals surface area contributed by atoms with Crippen molar-refractivity contribution in [2.45, 2.75) is 45.2 Å². The van der Waals surface area contributed by atoms with Crippen LogP contribution in [0.4, 0.5) is 5.69 Å². The molecule has 3 heteroatoms. The minimum Gasteiger partial charge on any atom is -0.497 e. The molecule has 1 saturated heterocycles. The molecule has 0 radical (unpaired) electrons. The Hall–Kier alpha value is -1.22. The summed E-state index contributed by atoms with van der Waals surface area (Å²) in [6, 6.07) is 8.91. The predicted octanol–water partition coefficient (Wildman–Crippen LogP) is 3.05. The summed E-state index contributed by atoms with van der Waals surface area (Å²) in [5.41, 5.74) is 1.51. The van der Waals surface area contributed by atoms with Crippen molar-refractivity contribution in [2.75, 3.05) is 25.1 Å². The highest BCUT2D eigenvalue weighted by Crippen LogP contribution is 2.29. The van der Waals surface area contributed by atoms with Crippen molar-refractivity contribution >= 4 is 5.69 Å². The number of methoxy groups -OCH3 is 1. The van der Waals surface area contributed by atoms with Gasteiger partial charge in [-0.3, -0.25) is 0 Å². The lowest BCUT2D eigenvalue weighted by Crippen LogP contribution is -2.63. The first-order valence-corrected chi connectivity index (χ1v) is 7.30. The number of ether oxygens (including phenoxy) is 1. The second-order valence-corrected chi connectivity index (χ2v) is 5.55. The van der Waals surface area contributed by atoms with Gasteiger partial charge in [-0.1, -0.05) is 19.9 Å². The zero-order chi connectivity index (χ0) is 13.9. The molecule has 1 aliphatic rings. The summed E-state index contributed by atoms with van der Waals surface area (Å²) in [4.78, 5) is 2.51.